The molecule has 1 amide bonds. The van der Waals surface area contributed by atoms with Crippen LogP contribution in [-0.4, -0.2) is 36.2 Å². The van der Waals surface area contributed by atoms with Crippen LogP contribution in [0.3, 0.4) is 0 Å². The van der Waals surface area contributed by atoms with Crippen LogP contribution >= 0.6 is 0 Å². The Morgan fingerprint density at radius 3 is 2.20 bits per heavy atom. The smallest absolute Gasteiger partial charge is 0.237 e. The molecule has 0 spiro atoms. The van der Waals surface area contributed by atoms with Crippen LogP contribution in [0.1, 0.15) is 34.6 Å². The van der Waals surface area contributed by atoms with Crippen LogP contribution in [0.4, 0.5) is 0 Å². The van der Waals surface area contributed by atoms with Gasteiger partial charge in [0.1, 0.15) is 0 Å². The second-order valence-electron chi connectivity index (χ2n) is 5.14. The maximum Gasteiger partial charge on any atom is 0.237 e. The molecule has 1 atom stereocenters. The van der Waals surface area contributed by atoms with Crippen molar-refractivity contribution in [3.05, 3.63) is 0 Å². The van der Waals surface area contributed by atoms with Gasteiger partial charge in [0.25, 0.3) is 0 Å². The Morgan fingerprint density at radius 2 is 1.87 bits per heavy atom. The van der Waals surface area contributed by atoms with Crippen molar-refractivity contribution < 1.29 is 9.90 Å². The van der Waals surface area contributed by atoms with Crippen LogP contribution in [-0.2, 0) is 4.79 Å². The van der Waals surface area contributed by atoms with Crippen LogP contribution in [0.2, 0.25) is 0 Å². The maximum atomic E-state index is 11.8. The van der Waals surface area contributed by atoms with Gasteiger partial charge >= 0.3 is 0 Å². The summed E-state index contributed by atoms with van der Waals surface area (Å²) in [6, 6.07) is 0.0261. The first-order valence-electron chi connectivity index (χ1n) is 5.43. The minimum absolute atomic E-state index is 0.0235. The molecule has 15 heavy (non-hydrogen) atoms. The number of amides is 1. The minimum atomic E-state index is -0.232. The van der Waals surface area contributed by atoms with Crippen molar-refractivity contribution in [1.82, 2.24) is 10.6 Å². The molecule has 4 nitrogen and oxygen atoms in total. The Morgan fingerprint density at radius 1 is 1.33 bits per heavy atom. The lowest BCUT2D eigenvalue weighted by Gasteiger charge is -2.32. The summed E-state index contributed by atoms with van der Waals surface area (Å²) in [5.74, 6) is -0.0507. The molecule has 0 aromatic heterocycles. The zero-order valence-corrected chi connectivity index (χ0v) is 10.4. The average Bonchev–Trinajstić information content (AvgIpc) is 2.08. The van der Waals surface area contributed by atoms with E-state index in [0.717, 1.165) is 0 Å². The molecule has 0 aliphatic carbocycles. The van der Waals surface area contributed by atoms with Crippen LogP contribution in [0.5, 0.6) is 0 Å². The molecule has 0 rings (SSSR count). The number of nitrogens with one attached hydrogen (secondary N) is 2. The summed E-state index contributed by atoms with van der Waals surface area (Å²) >= 11 is 0. The number of rotatable bonds is 5. The highest BCUT2D eigenvalue weighted by molar-refractivity contribution is 5.82. The lowest BCUT2D eigenvalue weighted by molar-refractivity contribution is -0.126. The standard InChI is InChI=1S/C11H24N2O2/c1-8(2)13-9(11(3,4)5)10(15)12-6-7-14/h8-9,13-14H,6-7H2,1-5H3,(H,12,15)/t9-/m0/s1. The van der Waals surface area contributed by atoms with Gasteiger partial charge in [0, 0.05) is 12.6 Å². The predicted molar refractivity (Wildman–Crippen MR) is 61.6 cm³/mol. The third-order valence-corrected chi connectivity index (χ3v) is 2.04. The molecule has 0 radical (unpaired) electrons. The highest BCUT2D eigenvalue weighted by Gasteiger charge is 2.31. The van der Waals surface area contributed by atoms with E-state index in [1.807, 2.05) is 34.6 Å². The second-order valence-corrected chi connectivity index (χ2v) is 5.14. The molecule has 90 valence electrons. The molecule has 0 aliphatic heterocycles. The fourth-order valence-electron chi connectivity index (χ4n) is 1.33. The maximum absolute atomic E-state index is 11.8. The first kappa shape index (κ1) is 14.4. The van der Waals surface area contributed by atoms with Crippen LogP contribution in [0.15, 0.2) is 0 Å². The van der Waals surface area contributed by atoms with E-state index in [2.05, 4.69) is 10.6 Å². The van der Waals surface area contributed by atoms with E-state index in [0.29, 0.717) is 6.54 Å². The van der Waals surface area contributed by atoms with Gasteiger partial charge in [0.05, 0.1) is 12.6 Å². The van der Waals surface area contributed by atoms with Gasteiger partial charge in [0.15, 0.2) is 0 Å². The van der Waals surface area contributed by atoms with E-state index in [1.165, 1.54) is 0 Å². The monoisotopic (exact) mass is 216 g/mol. The molecular formula is C11H24N2O2. The van der Waals surface area contributed by atoms with Crippen LogP contribution in [0, 0.1) is 5.41 Å². The van der Waals surface area contributed by atoms with E-state index in [1.54, 1.807) is 0 Å². The lowest BCUT2D eigenvalue weighted by atomic mass is 9.85. The van der Waals surface area contributed by atoms with E-state index in [9.17, 15) is 4.79 Å². The largest absolute Gasteiger partial charge is 0.395 e. The Kier molecular flexibility index (Phi) is 5.83. The van der Waals surface area contributed by atoms with Crippen LogP contribution < -0.4 is 10.6 Å². The summed E-state index contributed by atoms with van der Waals surface area (Å²) in [7, 11) is 0. The third-order valence-electron chi connectivity index (χ3n) is 2.04. The summed E-state index contributed by atoms with van der Waals surface area (Å²) in [4.78, 5) is 11.8. The minimum Gasteiger partial charge on any atom is -0.395 e. The number of hydrogen-bond donors (Lipinski definition) is 3. The lowest BCUT2D eigenvalue weighted by Crippen LogP contribution is -2.54. The molecule has 0 aromatic rings. The van der Waals surface area contributed by atoms with Crippen molar-refractivity contribution in [2.24, 2.45) is 5.41 Å². The molecule has 0 bridgehead atoms. The molecule has 0 heterocycles. The molecule has 0 aromatic carbocycles. The third kappa shape index (κ3) is 5.74. The topological polar surface area (TPSA) is 61.4 Å². The van der Waals surface area contributed by atoms with Gasteiger partial charge in [0.2, 0.25) is 5.91 Å². The molecule has 3 N–H and O–H groups in total. The van der Waals surface area contributed by atoms with E-state index < -0.39 is 0 Å². The van der Waals surface area contributed by atoms with E-state index in [-0.39, 0.29) is 30.0 Å². The van der Waals surface area contributed by atoms with Crippen LogP contribution in [0.25, 0.3) is 0 Å². The Balaban J connectivity index is 4.42. The van der Waals surface area contributed by atoms with Gasteiger partial charge in [-0.15, -0.1) is 0 Å². The summed E-state index contributed by atoms with van der Waals surface area (Å²) in [5.41, 5.74) is -0.135. The van der Waals surface area contributed by atoms with Crippen molar-refractivity contribution in [1.29, 1.82) is 0 Å². The highest BCUT2D eigenvalue weighted by atomic mass is 16.3. The molecule has 0 fully saturated rings. The first-order chi connectivity index (χ1) is 6.79. The molecule has 0 saturated carbocycles. The Bertz CT molecular complexity index is 197. The fraction of sp³-hybridized carbons (Fsp3) is 0.909. The summed E-state index contributed by atoms with van der Waals surface area (Å²) < 4.78 is 0. The summed E-state index contributed by atoms with van der Waals surface area (Å²) in [6.07, 6.45) is 0. The molecule has 4 heteroatoms. The van der Waals surface area contributed by atoms with Gasteiger partial charge in [-0.3, -0.25) is 4.79 Å². The van der Waals surface area contributed by atoms with Crippen molar-refractivity contribution >= 4 is 5.91 Å². The number of aliphatic hydroxyl groups is 1. The average molecular weight is 216 g/mol. The van der Waals surface area contributed by atoms with Crippen molar-refractivity contribution in [2.75, 3.05) is 13.2 Å². The highest BCUT2D eigenvalue weighted by Crippen LogP contribution is 2.19. The fourth-order valence-corrected chi connectivity index (χ4v) is 1.33. The second kappa shape index (κ2) is 6.08. The first-order valence-corrected chi connectivity index (χ1v) is 5.43. The summed E-state index contributed by atoms with van der Waals surface area (Å²) in [6.45, 7) is 10.4. The molecule has 0 unspecified atom stereocenters. The zero-order chi connectivity index (χ0) is 12.1. The van der Waals surface area contributed by atoms with Crippen molar-refractivity contribution in [3.8, 4) is 0 Å². The SMILES string of the molecule is CC(C)N[C@@H](C(=O)NCCO)C(C)(C)C. The number of carbonyl (C=O) groups excluding carboxylic acids is 1. The molecule has 0 aliphatic rings. The predicted octanol–water partition coefficient (Wildman–Crippen LogP) is 0.508. The van der Waals surface area contributed by atoms with Gasteiger partial charge in [-0.05, 0) is 5.41 Å². The van der Waals surface area contributed by atoms with Crippen molar-refractivity contribution in [2.45, 2.75) is 46.7 Å². The normalized spacial score (nSPS) is 14.1. The van der Waals surface area contributed by atoms with Crippen molar-refractivity contribution in [3.63, 3.8) is 0 Å². The number of carbonyl (C=O) groups is 1. The summed E-state index contributed by atoms with van der Waals surface area (Å²) in [5, 5.41) is 14.6. The Hall–Kier alpha value is -0.610. The molecular weight excluding hydrogens is 192 g/mol. The van der Waals surface area contributed by atoms with E-state index >= 15 is 0 Å². The van der Waals surface area contributed by atoms with Gasteiger partial charge in [-0.25, -0.2) is 0 Å². The van der Waals surface area contributed by atoms with Gasteiger partial charge in [-0.2, -0.15) is 0 Å². The van der Waals surface area contributed by atoms with Gasteiger partial charge < -0.3 is 15.7 Å². The Labute approximate surface area is 92.4 Å². The number of hydrogen-bond acceptors (Lipinski definition) is 3. The quantitative estimate of drug-likeness (QED) is 0.627. The number of aliphatic hydroxyl groups excluding tert-OH is 1. The van der Waals surface area contributed by atoms with Gasteiger partial charge in [-0.1, -0.05) is 34.6 Å². The van der Waals surface area contributed by atoms with E-state index in [4.69, 9.17) is 5.11 Å². The molecule has 0 saturated heterocycles. The zero-order valence-electron chi connectivity index (χ0n) is 10.4.